The fourth-order valence-corrected chi connectivity index (χ4v) is 4.75. The number of nitrogens with zero attached hydrogens (tertiary/aromatic N) is 3. The molecule has 2 aliphatic rings. The zero-order valence-corrected chi connectivity index (χ0v) is 16.4. The molecule has 0 saturated carbocycles. The summed E-state index contributed by atoms with van der Waals surface area (Å²) in [6, 6.07) is 14.0. The molecule has 2 aliphatic heterocycles. The monoisotopic (exact) mass is 400 g/mol. The summed E-state index contributed by atoms with van der Waals surface area (Å²) in [6.45, 7) is 3.73. The van der Waals surface area contributed by atoms with Gasteiger partial charge in [-0.3, -0.25) is 4.79 Å². The Balaban J connectivity index is 0.00000180. The van der Waals surface area contributed by atoms with Gasteiger partial charge >= 0.3 is 0 Å². The van der Waals surface area contributed by atoms with Gasteiger partial charge in [0, 0.05) is 32.4 Å². The maximum Gasteiger partial charge on any atom is 0.257 e. The second-order valence-electron chi connectivity index (χ2n) is 7.04. The quantitative estimate of drug-likeness (QED) is 0.733. The number of nitrogens with one attached hydrogen (secondary N) is 1. The summed E-state index contributed by atoms with van der Waals surface area (Å²) in [6.07, 6.45) is 1.89. The Hall–Kier alpha value is -2.15. The molecular weight excluding hydrogens is 380 g/mol. The molecule has 140 valence electrons. The molecule has 4 heterocycles. The van der Waals surface area contributed by atoms with E-state index in [0.717, 1.165) is 42.4 Å². The molecule has 1 amide bonds. The number of aromatic nitrogens is 2. The lowest BCUT2D eigenvalue weighted by atomic mass is 10.0. The molecule has 0 bridgehead atoms. The van der Waals surface area contributed by atoms with Crippen LogP contribution in [0, 0.1) is 11.8 Å². The average Bonchev–Trinajstić information content (AvgIpc) is 3.44. The minimum Gasteiger partial charge on any atom is -0.338 e. The third-order valence-electron chi connectivity index (χ3n) is 5.40. The van der Waals surface area contributed by atoms with E-state index in [1.165, 1.54) is 0 Å². The van der Waals surface area contributed by atoms with Crippen LogP contribution in [0.2, 0.25) is 0 Å². The van der Waals surface area contributed by atoms with Crippen LogP contribution in [0.25, 0.3) is 16.3 Å². The van der Waals surface area contributed by atoms with Crippen LogP contribution in [0.1, 0.15) is 10.4 Å². The number of carbonyl (C=O) groups is 1. The summed E-state index contributed by atoms with van der Waals surface area (Å²) < 4.78 is 1.82. The third kappa shape index (κ3) is 3.29. The number of carbonyl (C=O) groups excluding carboxylic acids is 1. The molecule has 2 atom stereocenters. The normalized spacial score (nSPS) is 21.1. The highest BCUT2D eigenvalue weighted by molar-refractivity contribution is 7.13. The molecule has 0 aliphatic carbocycles. The van der Waals surface area contributed by atoms with Gasteiger partial charge in [-0.05, 0) is 35.4 Å². The van der Waals surface area contributed by atoms with E-state index >= 15 is 0 Å². The van der Waals surface area contributed by atoms with Crippen molar-refractivity contribution in [3.05, 3.63) is 59.6 Å². The van der Waals surface area contributed by atoms with Gasteiger partial charge < -0.3 is 10.2 Å². The highest BCUT2D eigenvalue weighted by Gasteiger charge is 2.39. The zero-order chi connectivity index (χ0) is 17.5. The molecular formula is C20H21ClN4OS. The standard InChI is InChI=1S/C20H20N4OS.ClH/c25-20(23-11-14-9-21-10-15(14)12-23)17-13-24(16-5-2-1-3-6-16)22-19(17)18-7-4-8-26-18;/h1-8,13-15,21H,9-12H2;1H/t14-,15+;. The van der Waals surface area contributed by atoms with E-state index in [9.17, 15) is 4.79 Å². The van der Waals surface area contributed by atoms with Crippen molar-refractivity contribution in [2.45, 2.75) is 0 Å². The SMILES string of the molecule is Cl.O=C(c1cn(-c2ccccc2)nc1-c1cccs1)N1C[C@H]2CNC[C@H]2C1. The van der Waals surface area contributed by atoms with Crippen molar-refractivity contribution in [1.29, 1.82) is 0 Å². The number of hydrogen-bond acceptors (Lipinski definition) is 4. The lowest BCUT2D eigenvalue weighted by Gasteiger charge is -2.17. The molecule has 3 aromatic rings. The summed E-state index contributed by atoms with van der Waals surface area (Å²) in [7, 11) is 0. The number of fused-ring (bicyclic) bond motifs is 1. The second kappa shape index (κ2) is 7.46. The van der Waals surface area contributed by atoms with Crippen LogP contribution in [0.15, 0.2) is 54.0 Å². The van der Waals surface area contributed by atoms with Gasteiger partial charge in [-0.15, -0.1) is 23.7 Å². The van der Waals surface area contributed by atoms with Gasteiger partial charge in [-0.25, -0.2) is 4.68 Å². The molecule has 5 rings (SSSR count). The maximum atomic E-state index is 13.3. The van der Waals surface area contributed by atoms with Crippen molar-refractivity contribution in [2.75, 3.05) is 26.2 Å². The molecule has 5 nitrogen and oxygen atoms in total. The number of hydrogen-bond donors (Lipinski definition) is 1. The lowest BCUT2D eigenvalue weighted by molar-refractivity contribution is 0.0782. The molecule has 2 aromatic heterocycles. The molecule has 1 aromatic carbocycles. The molecule has 0 radical (unpaired) electrons. The van der Waals surface area contributed by atoms with Gasteiger partial charge in [0.1, 0.15) is 5.69 Å². The Morgan fingerprint density at radius 2 is 1.81 bits per heavy atom. The smallest absolute Gasteiger partial charge is 0.257 e. The van der Waals surface area contributed by atoms with Gasteiger partial charge in [0.05, 0.1) is 16.1 Å². The Bertz CT molecular complexity index is 913. The van der Waals surface area contributed by atoms with E-state index in [1.54, 1.807) is 11.3 Å². The van der Waals surface area contributed by atoms with Crippen molar-refractivity contribution in [3.8, 4) is 16.3 Å². The number of rotatable bonds is 3. The van der Waals surface area contributed by atoms with E-state index in [4.69, 9.17) is 5.10 Å². The van der Waals surface area contributed by atoms with Gasteiger partial charge in [-0.2, -0.15) is 5.10 Å². The fraction of sp³-hybridized carbons (Fsp3) is 0.300. The van der Waals surface area contributed by atoms with Gasteiger partial charge in [0.15, 0.2) is 0 Å². The Labute approximate surface area is 168 Å². The predicted octanol–water partition coefficient (Wildman–Crippen LogP) is 3.31. The first kappa shape index (κ1) is 18.2. The lowest BCUT2D eigenvalue weighted by Crippen LogP contribution is -2.31. The van der Waals surface area contributed by atoms with E-state index in [-0.39, 0.29) is 18.3 Å². The zero-order valence-electron chi connectivity index (χ0n) is 14.7. The van der Waals surface area contributed by atoms with Crippen molar-refractivity contribution >= 4 is 29.7 Å². The molecule has 0 unspecified atom stereocenters. The highest BCUT2D eigenvalue weighted by Crippen LogP contribution is 2.32. The van der Waals surface area contributed by atoms with Gasteiger partial charge in [0.2, 0.25) is 0 Å². The van der Waals surface area contributed by atoms with Crippen LogP contribution >= 0.6 is 23.7 Å². The highest BCUT2D eigenvalue weighted by atomic mass is 35.5. The largest absolute Gasteiger partial charge is 0.338 e. The number of benzene rings is 1. The van der Waals surface area contributed by atoms with Gasteiger partial charge in [0.25, 0.3) is 5.91 Å². The molecule has 2 fully saturated rings. The topological polar surface area (TPSA) is 50.2 Å². The molecule has 0 spiro atoms. The minimum atomic E-state index is 0. The first-order valence-corrected chi connectivity index (χ1v) is 9.86. The van der Waals surface area contributed by atoms with E-state index in [1.807, 2.05) is 63.6 Å². The second-order valence-corrected chi connectivity index (χ2v) is 7.99. The predicted molar refractivity (Wildman–Crippen MR) is 110 cm³/mol. The first-order chi connectivity index (χ1) is 12.8. The summed E-state index contributed by atoms with van der Waals surface area (Å²) in [5.74, 6) is 1.28. The van der Waals surface area contributed by atoms with Crippen LogP contribution in [0.5, 0.6) is 0 Å². The van der Waals surface area contributed by atoms with Crippen LogP contribution < -0.4 is 5.32 Å². The van der Waals surface area contributed by atoms with Crippen molar-refractivity contribution < 1.29 is 4.79 Å². The number of likely N-dealkylation sites (tertiary alicyclic amines) is 1. The third-order valence-corrected chi connectivity index (χ3v) is 6.27. The Morgan fingerprint density at radius 1 is 1.07 bits per heavy atom. The van der Waals surface area contributed by atoms with Crippen LogP contribution in [-0.2, 0) is 0 Å². The van der Waals surface area contributed by atoms with Crippen LogP contribution in [-0.4, -0.2) is 46.8 Å². The number of para-hydroxylation sites is 1. The summed E-state index contributed by atoms with van der Waals surface area (Å²) >= 11 is 1.62. The molecule has 1 N–H and O–H groups in total. The van der Waals surface area contributed by atoms with Crippen LogP contribution in [0.4, 0.5) is 0 Å². The fourth-order valence-electron chi connectivity index (χ4n) is 4.03. The summed E-state index contributed by atoms with van der Waals surface area (Å²) in [4.78, 5) is 16.3. The molecule has 7 heteroatoms. The van der Waals surface area contributed by atoms with Gasteiger partial charge in [-0.1, -0.05) is 24.3 Å². The minimum absolute atomic E-state index is 0. The first-order valence-electron chi connectivity index (χ1n) is 8.98. The summed E-state index contributed by atoms with van der Waals surface area (Å²) in [5, 5.41) is 10.2. The Kier molecular flexibility index (Phi) is 5.04. The van der Waals surface area contributed by atoms with Crippen molar-refractivity contribution in [1.82, 2.24) is 20.0 Å². The average molecular weight is 401 g/mol. The van der Waals surface area contributed by atoms with E-state index < -0.39 is 0 Å². The molecule has 27 heavy (non-hydrogen) atoms. The molecule has 2 saturated heterocycles. The Morgan fingerprint density at radius 3 is 2.48 bits per heavy atom. The van der Waals surface area contributed by atoms with Crippen molar-refractivity contribution in [3.63, 3.8) is 0 Å². The number of amides is 1. The number of thiophene rings is 1. The van der Waals surface area contributed by atoms with Crippen molar-refractivity contribution in [2.24, 2.45) is 11.8 Å². The summed E-state index contributed by atoms with van der Waals surface area (Å²) in [5.41, 5.74) is 2.44. The van der Waals surface area contributed by atoms with Crippen LogP contribution in [0.3, 0.4) is 0 Å². The van der Waals surface area contributed by atoms with E-state index in [2.05, 4.69) is 5.32 Å². The number of halogens is 1. The van der Waals surface area contributed by atoms with E-state index in [0.29, 0.717) is 17.4 Å². The maximum absolute atomic E-state index is 13.3.